The van der Waals surface area contributed by atoms with Crippen molar-refractivity contribution in [3.63, 3.8) is 0 Å². The Bertz CT molecular complexity index is 428. The molecule has 0 aliphatic carbocycles. The first kappa shape index (κ1) is 9.92. The van der Waals surface area contributed by atoms with Crippen LogP contribution in [0.2, 0.25) is 0 Å². The lowest BCUT2D eigenvalue weighted by atomic mass is 10.3. The molecule has 5 heteroatoms. The fraction of sp³-hybridized carbons (Fsp3) is 0.400. The molecular formula is C10H15N5. The minimum atomic E-state index is 0.776. The zero-order valence-corrected chi connectivity index (χ0v) is 9.01. The third-order valence-corrected chi connectivity index (χ3v) is 2.29. The van der Waals surface area contributed by atoms with E-state index in [0.717, 1.165) is 18.9 Å². The number of rotatable bonds is 4. The van der Waals surface area contributed by atoms with Gasteiger partial charge in [-0.3, -0.25) is 4.68 Å². The van der Waals surface area contributed by atoms with Crippen LogP contribution in [0.25, 0.3) is 0 Å². The van der Waals surface area contributed by atoms with E-state index in [1.54, 1.807) is 10.9 Å². The molecule has 0 unspecified atom stereocenters. The Morgan fingerprint density at radius 3 is 2.80 bits per heavy atom. The van der Waals surface area contributed by atoms with Crippen LogP contribution < -0.4 is 5.32 Å². The van der Waals surface area contributed by atoms with Gasteiger partial charge in [-0.2, -0.15) is 5.10 Å². The van der Waals surface area contributed by atoms with E-state index in [9.17, 15) is 0 Å². The predicted molar refractivity (Wildman–Crippen MR) is 57.0 cm³/mol. The largest absolute Gasteiger partial charge is 0.337 e. The topological polar surface area (TPSA) is 47.7 Å². The molecule has 0 spiro atoms. The van der Waals surface area contributed by atoms with Crippen molar-refractivity contribution in [1.29, 1.82) is 0 Å². The van der Waals surface area contributed by atoms with Crippen molar-refractivity contribution in [3.05, 3.63) is 36.2 Å². The van der Waals surface area contributed by atoms with Crippen LogP contribution in [-0.2, 0) is 27.2 Å². The van der Waals surface area contributed by atoms with Gasteiger partial charge in [-0.1, -0.05) is 0 Å². The molecule has 0 bridgehead atoms. The number of nitrogens with zero attached hydrogens (tertiary/aromatic N) is 4. The monoisotopic (exact) mass is 205 g/mol. The Hall–Kier alpha value is -1.62. The highest BCUT2D eigenvalue weighted by Crippen LogP contribution is 1.97. The molecule has 2 rings (SSSR count). The molecule has 2 heterocycles. The maximum atomic E-state index is 4.23. The molecule has 2 aromatic heterocycles. The quantitative estimate of drug-likeness (QED) is 0.788. The van der Waals surface area contributed by atoms with Crippen LogP contribution in [-0.4, -0.2) is 19.3 Å². The van der Waals surface area contributed by atoms with Gasteiger partial charge in [-0.25, -0.2) is 4.98 Å². The Balaban J connectivity index is 1.83. The molecule has 0 atom stereocenters. The van der Waals surface area contributed by atoms with Crippen molar-refractivity contribution in [2.24, 2.45) is 14.1 Å². The van der Waals surface area contributed by atoms with Gasteiger partial charge in [0.1, 0.15) is 5.82 Å². The average molecular weight is 205 g/mol. The van der Waals surface area contributed by atoms with Crippen LogP contribution in [0.5, 0.6) is 0 Å². The van der Waals surface area contributed by atoms with Gasteiger partial charge < -0.3 is 9.88 Å². The molecule has 0 amide bonds. The van der Waals surface area contributed by atoms with Crippen LogP contribution in [0.4, 0.5) is 0 Å². The van der Waals surface area contributed by atoms with E-state index in [1.807, 2.05) is 37.3 Å². The third kappa shape index (κ3) is 2.44. The Morgan fingerprint density at radius 2 is 2.20 bits per heavy atom. The first-order valence-corrected chi connectivity index (χ1v) is 4.90. The highest BCUT2D eigenvalue weighted by molar-refractivity contribution is 5.03. The summed E-state index contributed by atoms with van der Waals surface area (Å²) in [6, 6.07) is 0. The first-order chi connectivity index (χ1) is 7.25. The lowest BCUT2D eigenvalue weighted by Gasteiger charge is -2.02. The van der Waals surface area contributed by atoms with Gasteiger partial charge in [-0.15, -0.1) is 0 Å². The zero-order chi connectivity index (χ0) is 10.7. The van der Waals surface area contributed by atoms with Crippen molar-refractivity contribution < 1.29 is 0 Å². The summed E-state index contributed by atoms with van der Waals surface area (Å²) in [6.45, 7) is 1.60. The van der Waals surface area contributed by atoms with Crippen LogP contribution in [0.15, 0.2) is 24.8 Å². The molecule has 15 heavy (non-hydrogen) atoms. The van der Waals surface area contributed by atoms with Gasteiger partial charge in [0.15, 0.2) is 0 Å². The predicted octanol–water partition coefficient (Wildman–Crippen LogP) is 0.443. The average Bonchev–Trinajstić information content (AvgIpc) is 2.77. The summed E-state index contributed by atoms with van der Waals surface area (Å²) in [5, 5.41) is 7.43. The second-order valence-electron chi connectivity index (χ2n) is 3.58. The summed E-state index contributed by atoms with van der Waals surface area (Å²) < 4.78 is 3.81. The maximum absolute atomic E-state index is 4.23. The summed E-state index contributed by atoms with van der Waals surface area (Å²) in [5.41, 5.74) is 1.19. The zero-order valence-electron chi connectivity index (χ0n) is 9.01. The molecule has 0 fully saturated rings. The van der Waals surface area contributed by atoms with Gasteiger partial charge in [0, 0.05) is 44.8 Å². The Labute approximate surface area is 88.7 Å². The molecule has 1 N–H and O–H groups in total. The fourth-order valence-corrected chi connectivity index (χ4v) is 1.45. The molecule has 0 aromatic carbocycles. The van der Waals surface area contributed by atoms with Crippen LogP contribution in [0, 0.1) is 0 Å². The number of hydrogen-bond donors (Lipinski definition) is 1. The number of imidazole rings is 1. The van der Waals surface area contributed by atoms with Crippen molar-refractivity contribution in [2.75, 3.05) is 0 Å². The van der Waals surface area contributed by atoms with E-state index < -0.39 is 0 Å². The lowest BCUT2D eigenvalue weighted by Crippen LogP contribution is -2.15. The first-order valence-electron chi connectivity index (χ1n) is 4.90. The van der Waals surface area contributed by atoms with Crippen LogP contribution >= 0.6 is 0 Å². The highest BCUT2D eigenvalue weighted by atomic mass is 15.2. The molecule has 0 saturated carbocycles. The summed E-state index contributed by atoms with van der Waals surface area (Å²) in [5.74, 6) is 1.04. The smallest absolute Gasteiger partial charge is 0.122 e. The fourth-order valence-electron chi connectivity index (χ4n) is 1.45. The van der Waals surface area contributed by atoms with E-state index in [1.165, 1.54) is 5.56 Å². The van der Waals surface area contributed by atoms with E-state index in [4.69, 9.17) is 0 Å². The van der Waals surface area contributed by atoms with Gasteiger partial charge in [0.25, 0.3) is 0 Å². The van der Waals surface area contributed by atoms with Crippen molar-refractivity contribution >= 4 is 0 Å². The van der Waals surface area contributed by atoms with E-state index in [2.05, 4.69) is 15.4 Å². The third-order valence-electron chi connectivity index (χ3n) is 2.29. The molecule has 80 valence electrons. The van der Waals surface area contributed by atoms with Crippen molar-refractivity contribution in [1.82, 2.24) is 24.6 Å². The second-order valence-corrected chi connectivity index (χ2v) is 3.58. The standard InChI is InChI=1S/C10H15N5/c1-14-4-3-12-10(14)7-11-5-9-6-13-15(2)8-9/h3-4,6,8,11H,5,7H2,1-2H3. The SMILES string of the molecule is Cn1cc(CNCc2nccn2C)cn1. The lowest BCUT2D eigenvalue weighted by molar-refractivity contribution is 0.638. The summed E-state index contributed by atoms with van der Waals surface area (Å²) in [6.07, 6.45) is 7.62. The normalized spacial score (nSPS) is 10.8. The Morgan fingerprint density at radius 1 is 1.33 bits per heavy atom. The van der Waals surface area contributed by atoms with Gasteiger partial charge in [0.05, 0.1) is 12.7 Å². The Kier molecular flexibility index (Phi) is 2.82. The molecule has 5 nitrogen and oxygen atoms in total. The summed E-state index contributed by atoms with van der Waals surface area (Å²) in [4.78, 5) is 4.23. The maximum Gasteiger partial charge on any atom is 0.122 e. The van der Waals surface area contributed by atoms with Crippen molar-refractivity contribution in [3.8, 4) is 0 Å². The minimum absolute atomic E-state index is 0.776. The molecular weight excluding hydrogens is 190 g/mol. The van der Waals surface area contributed by atoms with E-state index in [-0.39, 0.29) is 0 Å². The molecule has 0 aliphatic rings. The molecule has 2 aromatic rings. The van der Waals surface area contributed by atoms with Gasteiger partial charge >= 0.3 is 0 Å². The van der Waals surface area contributed by atoms with Gasteiger partial charge in [0.2, 0.25) is 0 Å². The summed E-state index contributed by atoms with van der Waals surface area (Å²) >= 11 is 0. The minimum Gasteiger partial charge on any atom is -0.337 e. The van der Waals surface area contributed by atoms with E-state index >= 15 is 0 Å². The van der Waals surface area contributed by atoms with Gasteiger partial charge in [-0.05, 0) is 0 Å². The molecule has 0 radical (unpaired) electrons. The van der Waals surface area contributed by atoms with Crippen LogP contribution in [0.3, 0.4) is 0 Å². The highest BCUT2D eigenvalue weighted by Gasteiger charge is 1.99. The second kappa shape index (κ2) is 4.27. The number of aryl methyl sites for hydroxylation is 2. The number of hydrogen-bond acceptors (Lipinski definition) is 3. The van der Waals surface area contributed by atoms with Crippen LogP contribution in [0.1, 0.15) is 11.4 Å². The molecule has 0 aliphatic heterocycles. The number of aromatic nitrogens is 4. The summed E-state index contributed by atoms with van der Waals surface area (Å²) in [7, 11) is 3.91. The van der Waals surface area contributed by atoms with Crippen molar-refractivity contribution in [2.45, 2.75) is 13.1 Å². The van der Waals surface area contributed by atoms with E-state index in [0.29, 0.717) is 0 Å². The number of nitrogens with one attached hydrogen (secondary N) is 1. The molecule has 0 saturated heterocycles.